The number of fused-ring (bicyclic) bond motifs is 12. The van der Waals surface area contributed by atoms with E-state index in [9.17, 15) is 15.1 Å². The molecule has 0 fully saturated rings. The van der Waals surface area contributed by atoms with Crippen LogP contribution in [-0.2, 0) is 0 Å². The topological polar surface area (TPSA) is 51.8 Å². The maximum atomic E-state index is 10.1. The van der Waals surface area contributed by atoms with Gasteiger partial charge in [0.2, 0.25) is 0 Å². The van der Waals surface area contributed by atoms with Crippen LogP contribution in [-0.4, -0.2) is 15.0 Å². The molecule has 74 heavy (non-hydrogen) atoms. The number of aromatic nitrogens is 3. The third-order valence-corrected chi connectivity index (χ3v) is 14.0. The number of benzene rings is 12. The van der Waals surface area contributed by atoms with Gasteiger partial charge in [-0.15, -0.1) is 11.3 Å². The van der Waals surface area contributed by atoms with Crippen molar-refractivity contribution in [1.82, 2.24) is 15.0 Å². The van der Waals surface area contributed by atoms with Gasteiger partial charge in [0, 0.05) is 47.6 Å². The molecule has 0 unspecified atom stereocenters. The van der Waals surface area contributed by atoms with Crippen molar-refractivity contribution in [1.29, 1.82) is 0 Å². The molecule has 3 aromatic heterocycles. The second kappa shape index (κ2) is 17.1. The highest BCUT2D eigenvalue weighted by molar-refractivity contribution is 7.25. The van der Waals surface area contributed by atoms with E-state index in [4.69, 9.17) is 39.9 Å². The Labute approximate surface area is 466 Å². The lowest BCUT2D eigenvalue weighted by Crippen LogP contribution is -2.00. The third kappa shape index (κ3) is 6.93. The fourth-order valence-electron chi connectivity index (χ4n) is 9.49. The smallest absolute Gasteiger partial charge is 0.164 e. The summed E-state index contributed by atoms with van der Waals surface area (Å²) in [5.74, 6) is -1.53. The molecule has 15 rings (SSSR count). The van der Waals surface area contributed by atoms with E-state index in [1.807, 2.05) is 42.5 Å². The van der Waals surface area contributed by atoms with Crippen LogP contribution in [0.4, 0.5) is 0 Å². The molecule has 0 bridgehead atoms. The fraction of sp³-hybridized carbons (Fsp3) is 0. The molecule has 15 aromatic rings. The van der Waals surface area contributed by atoms with Crippen molar-refractivity contribution < 1.29 is 40.1 Å². The van der Waals surface area contributed by atoms with Gasteiger partial charge in [0.1, 0.15) is 11.2 Å². The number of hydrogen-bond acceptors (Lipinski definition) is 5. The lowest BCUT2D eigenvalue weighted by molar-refractivity contribution is 0.669. The van der Waals surface area contributed by atoms with Gasteiger partial charge in [-0.05, 0) is 113 Å². The maximum Gasteiger partial charge on any atom is 0.164 e. The van der Waals surface area contributed by atoms with Gasteiger partial charge in [-0.2, -0.15) is 0 Å². The molecule has 4 nitrogen and oxygen atoms in total. The SMILES string of the molecule is [2H]c1c([2H])c([2H])c(-c2c([2H])c([2H])c([2H])c([2H])c2-c2c([2H])c([2H])c([2H])c3oc4c([2H])c(-c5nc(-c6ccc(-c7ccccc7-c7ccc8c(c7)sc7ccccc78)cc6)nc(-c6c([2H])c([2H])c7c8c([2H])c([2H])c([2H])c([2H])c8c8c([2H])c([2H])c([2H])c([2H])c8c7c6[2H])n5)c([2H])c([2H])c4c23)c([2H])c1[2H]. The summed E-state index contributed by atoms with van der Waals surface area (Å²) in [6.45, 7) is 0. The van der Waals surface area contributed by atoms with Crippen LogP contribution in [0.3, 0.4) is 0 Å². The van der Waals surface area contributed by atoms with E-state index >= 15 is 0 Å². The predicted octanol–water partition coefficient (Wildman–Crippen LogP) is 19.3. The Kier molecular flexibility index (Phi) is 5.48. The van der Waals surface area contributed by atoms with Crippen LogP contribution in [0.2, 0.25) is 0 Å². The van der Waals surface area contributed by atoms with Gasteiger partial charge in [0.05, 0.1) is 35.6 Å². The number of nitrogens with zero attached hydrogens (tertiary/aromatic N) is 3. The van der Waals surface area contributed by atoms with E-state index in [2.05, 4.69) is 24.3 Å². The van der Waals surface area contributed by atoms with Crippen molar-refractivity contribution in [3.8, 4) is 78.7 Å². The molecule has 5 heteroatoms. The van der Waals surface area contributed by atoms with Crippen molar-refractivity contribution in [3.63, 3.8) is 0 Å². The average molecular weight is 986 g/mol. The van der Waals surface area contributed by atoms with Crippen molar-refractivity contribution in [3.05, 3.63) is 248 Å². The molecule has 0 amide bonds. The Bertz CT molecular complexity index is 6240. The molecule has 3 heterocycles. The molecular formula is C69H41N3OS. The summed E-state index contributed by atoms with van der Waals surface area (Å²) in [4.78, 5) is 14.3. The Hall–Kier alpha value is -9.55. The van der Waals surface area contributed by atoms with Crippen LogP contribution in [0.1, 0.15) is 35.6 Å². The number of hydrogen-bond donors (Lipinski definition) is 0. The zero-order chi connectivity index (χ0) is 71.3. The van der Waals surface area contributed by atoms with Crippen LogP contribution < -0.4 is 0 Å². The van der Waals surface area contributed by atoms with E-state index in [1.165, 1.54) is 0 Å². The van der Waals surface area contributed by atoms with Gasteiger partial charge in [-0.25, -0.2) is 15.0 Å². The van der Waals surface area contributed by atoms with Gasteiger partial charge in [-0.1, -0.05) is 212 Å². The highest BCUT2D eigenvalue weighted by atomic mass is 32.1. The minimum atomic E-state index is -0.949. The zero-order valence-electron chi connectivity index (χ0n) is 63.8. The fourth-order valence-corrected chi connectivity index (χ4v) is 10.6. The molecule has 0 atom stereocenters. The first-order chi connectivity index (χ1) is 47.5. The first-order valence-electron chi connectivity index (χ1n) is 35.9. The quantitative estimate of drug-likeness (QED) is 0.149. The van der Waals surface area contributed by atoms with Crippen molar-refractivity contribution in [2.75, 3.05) is 0 Å². The maximum absolute atomic E-state index is 10.1. The summed E-state index contributed by atoms with van der Waals surface area (Å²) in [5, 5.41) is -1.43. The van der Waals surface area contributed by atoms with Crippen LogP contribution in [0.15, 0.2) is 253 Å². The molecule has 0 aliphatic rings. The highest BCUT2D eigenvalue weighted by Crippen LogP contribution is 2.44. The van der Waals surface area contributed by atoms with Gasteiger partial charge in [0.15, 0.2) is 17.5 Å². The number of furan rings is 1. The van der Waals surface area contributed by atoms with Crippen LogP contribution in [0.5, 0.6) is 0 Å². The summed E-state index contributed by atoms with van der Waals surface area (Å²) in [6, 6.07) is 6.95. The zero-order valence-corrected chi connectivity index (χ0v) is 38.6. The monoisotopic (exact) mass is 985 g/mol. The summed E-state index contributed by atoms with van der Waals surface area (Å²) in [5.41, 5.74) is -1.82. The molecule has 0 radical (unpaired) electrons. The Morgan fingerprint density at radius 3 is 1.59 bits per heavy atom. The van der Waals surface area contributed by atoms with Gasteiger partial charge >= 0.3 is 0 Å². The van der Waals surface area contributed by atoms with Crippen molar-refractivity contribution in [2.24, 2.45) is 0 Å². The molecule has 0 saturated carbocycles. The molecular weight excluding hydrogens is 919 g/mol. The largest absolute Gasteiger partial charge is 0.456 e. The first-order valence-corrected chi connectivity index (χ1v) is 23.7. The normalized spacial score (nSPS) is 16.7. The second-order valence-corrected chi connectivity index (χ2v) is 18.1. The standard InChI is InChI=1S/C69H41N3OS/c1-2-15-42(16-3-1)49-18-6-7-20-51(49)59-26-14-27-62-66(59)60-38-35-47(40-63(60)73-62)69-71-67(70-68(72-69)46-34-36-56-54-23-9-8-21-52(54)53-22-10-11-24-55(53)61(56)39-46)44-31-29-43(30-32-44)48-17-4-5-19-50(48)45-33-37-58-57-25-12-13-28-64(57)74-65(58)41-45/h1-41H/i1D,2D,3D,6D,7D,8D,9D,10D,11D,14D,15D,16D,18D,20D,21D,22D,23D,24D,26D,27D,34D,35D,36D,38D,39D,40D. The minimum absolute atomic E-state index is 0.204. The average Bonchev–Trinajstić information content (AvgIpc) is 0.748. The summed E-state index contributed by atoms with van der Waals surface area (Å²) in [6.07, 6.45) is 0. The van der Waals surface area contributed by atoms with Gasteiger partial charge < -0.3 is 4.42 Å². The van der Waals surface area contributed by atoms with E-state index in [1.54, 1.807) is 35.6 Å². The number of thiophene rings is 1. The molecule has 344 valence electrons. The van der Waals surface area contributed by atoms with Crippen molar-refractivity contribution in [2.45, 2.75) is 0 Å². The first kappa shape index (κ1) is 23.8. The minimum Gasteiger partial charge on any atom is -0.456 e. The van der Waals surface area contributed by atoms with E-state index < -0.39 is 256 Å². The third-order valence-electron chi connectivity index (χ3n) is 12.9. The number of rotatable bonds is 7. The molecule has 0 aliphatic heterocycles. The van der Waals surface area contributed by atoms with Crippen LogP contribution in [0, 0.1) is 0 Å². The second-order valence-electron chi connectivity index (χ2n) is 17.0. The van der Waals surface area contributed by atoms with E-state index in [0.29, 0.717) is 5.56 Å². The molecule has 12 aromatic carbocycles. The van der Waals surface area contributed by atoms with Crippen LogP contribution >= 0.6 is 11.3 Å². The van der Waals surface area contributed by atoms with Crippen molar-refractivity contribution >= 4 is 85.8 Å². The molecule has 0 spiro atoms. The summed E-state index contributed by atoms with van der Waals surface area (Å²) >= 11 is 1.67. The Morgan fingerprint density at radius 1 is 0.311 bits per heavy atom. The van der Waals surface area contributed by atoms with E-state index in [-0.39, 0.29) is 11.4 Å². The lowest BCUT2D eigenvalue weighted by Gasteiger charge is -2.13. The Morgan fingerprint density at radius 2 is 0.851 bits per heavy atom. The summed E-state index contributed by atoms with van der Waals surface area (Å²) in [7, 11) is 0. The summed E-state index contributed by atoms with van der Waals surface area (Å²) < 4.78 is 246. The van der Waals surface area contributed by atoms with Gasteiger partial charge in [0.25, 0.3) is 0 Å². The van der Waals surface area contributed by atoms with Crippen LogP contribution in [0.25, 0.3) is 153 Å². The predicted molar refractivity (Wildman–Crippen MR) is 311 cm³/mol. The molecule has 0 aliphatic carbocycles. The molecule has 0 N–H and O–H groups in total. The van der Waals surface area contributed by atoms with E-state index in [0.717, 1.165) is 36.9 Å². The Balaban J connectivity index is 1.01. The molecule has 0 saturated heterocycles. The lowest BCUT2D eigenvalue weighted by atomic mass is 9.92. The highest BCUT2D eigenvalue weighted by Gasteiger charge is 2.20. The van der Waals surface area contributed by atoms with Gasteiger partial charge in [-0.3, -0.25) is 0 Å².